The van der Waals surface area contributed by atoms with Crippen LogP contribution in [0.3, 0.4) is 0 Å². The molecule has 0 spiro atoms. The highest BCUT2D eigenvalue weighted by molar-refractivity contribution is 5.93. The first-order chi connectivity index (χ1) is 7.70. The van der Waals surface area contributed by atoms with Crippen LogP contribution in [0.2, 0.25) is 0 Å². The molecule has 3 heteroatoms. The van der Waals surface area contributed by atoms with Crippen LogP contribution in [0.15, 0.2) is 18.2 Å². The number of fused-ring (bicyclic) bond motifs is 1. The Hall–Kier alpha value is -1.35. The third kappa shape index (κ3) is 2.25. The molecule has 1 aromatic rings. The van der Waals surface area contributed by atoms with E-state index in [1.165, 1.54) is 11.1 Å². The van der Waals surface area contributed by atoms with E-state index in [1.807, 2.05) is 6.07 Å². The second kappa shape index (κ2) is 4.66. The number of hydrogen-bond acceptors (Lipinski definition) is 2. The number of rotatable bonds is 3. The normalized spacial score (nSPS) is 16.5. The van der Waals surface area contributed by atoms with Crippen LogP contribution >= 0.6 is 0 Å². The van der Waals surface area contributed by atoms with Crippen LogP contribution in [0.4, 0.5) is 5.69 Å². The van der Waals surface area contributed by atoms with Gasteiger partial charge in [0, 0.05) is 18.2 Å². The SMILES string of the molecule is CCNC(C)c1ccc2c(c1)CCC(=O)N2. The molecule has 1 atom stereocenters. The van der Waals surface area contributed by atoms with E-state index < -0.39 is 0 Å². The van der Waals surface area contributed by atoms with Crippen molar-refractivity contribution >= 4 is 11.6 Å². The van der Waals surface area contributed by atoms with E-state index in [0.29, 0.717) is 12.5 Å². The van der Waals surface area contributed by atoms with E-state index in [0.717, 1.165) is 18.7 Å². The summed E-state index contributed by atoms with van der Waals surface area (Å²) < 4.78 is 0. The summed E-state index contributed by atoms with van der Waals surface area (Å²) in [5.41, 5.74) is 3.52. The zero-order valence-corrected chi connectivity index (χ0v) is 9.84. The summed E-state index contributed by atoms with van der Waals surface area (Å²) in [5, 5.41) is 6.29. The molecule has 1 aliphatic heterocycles. The molecule has 3 nitrogen and oxygen atoms in total. The lowest BCUT2D eigenvalue weighted by atomic mass is 9.98. The molecule has 0 aliphatic carbocycles. The van der Waals surface area contributed by atoms with Crippen LogP contribution < -0.4 is 10.6 Å². The first kappa shape index (κ1) is 11.1. The number of carbonyl (C=O) groups excluding carboxylic acids is 1. The van der Waals surface area contributed by atoms with Gasteiger partial charge in [-0.1, -0.05) is 19.1 Å². The minimum atomic E-state index is 0.125. The predicted octanol–water partition coefficient (Wildman–Crippen LogP) is 2.24. The van der Waals surface area contributed by atoms with E-state index in [2.05, 4.69) is 36.6 Å². The van der Waals surface area contributed by atoms with Crippen molar-refractivity contribution in [2.45, 2.75) is 32.7 Å². The van der Waals surface area contributed by atoms with Gasteiger partial charge < -0.3 is 10.6 Å². The molecule has 0 aromatic heterocycles. The van der Waals surface area contributed by atoms with Gasteiger partial charge in [-0.25, -0.2) is 0 Å². The quantitative estimate of drug-likeness (QED) is 0.817. The molecule has 1 aromatic carbocycles. The topological polar surface area (TPSA) is 41.1 Å². The fraction of sp³-hybridized carbons (Fsp3) is 0.462. The minimum Gasteiger partial charge on any atom is -0.326 e. The molecule has 2 N–H and O–H groups in total. The smallest absolute Gasteiger partial charge is 0.224 e. The number of amides is 1. The monoisotopic (exact) mass is 218 g/mol. The van der Waals surface area contributed by atoms with Crippen molar-refractivity contribution in [3.05, 3.63) is 29.3 Å². The van der Waals surface area contributed by atoms with Crippen molar-refractivity contribution in [2.75, 3.05) is 11.9 Å². The molecule has 1 aliphatic rings. The van der Waals surface area contributed by atoms with Gasteiger partial charge >= 0.3 is 0 Å². The zero-order chi connectivity index (χ0) is 11.5. The Bertz CT molecular complexity index is 401. The Morgan fingerprint density at radius 1 is 1.44 bits per heavy atom. The van der Waals surface area contributed by atoms with Crippen molar-refractivity contribution in [1.29, 1.82) is 0 Å². The Morgan fingerprint density at radius 2 is 2.25 bits per heavy atom. The number of aryl methyl sites for hydroxylation is 1. The fourth-order valence-corrected chi connectivity index (χ4v) is 2.10. The van der Waals surface area contributed by atoms with Gasteiger partial charge in [-0.05, 0) is 37.1 Å². The van der Waals surface area contributed by atoms with Crippen molar-refractivity contribution in [3.8, 4) is 0 Å². The second-order valence-electron chi connectivity index (χ2n) is 4.24. The van der Waals surface area contributed by atoms with Gasteiger partial charge in [0.15, 0.2) is 0 Å². The predicted molar refractivity (Wildman–Crippen MR) is 65.5 cm³/mol. The Kier molecular flexibility index (Phi) is 3.25. The standard InChI is InChI=1S/C13H18N2O/c1-3-14-9(2)10-4-6-12-11(8-10)5-7-13(16)15-12/h4,6,8-9,14H,3,5,7H2,1-2H3,(H,15,16). The summed E-state index contributed by atoms with van der Waals surface area (Å²) in [4.78, 5) is 11.2. The highest BCUT2D eigenvalue weighted by Crippen LogP contribution is 2.25. The zero-order valence-electron chi connectivity index (χ0n) is 9.84. The molecule has 0 saturated carbocycles. The summed E-state index contributed by atoms with van der Waals surface area (Å²) in [5.74, 6) is 0.125. The van der Waals surface area contributed by atoms with Crippen LogP contribution in [0.5, 0.6) is 0 Å². The van der Waals surface area contributed by atoms with Gasteiger partial charge in [0.2, 0.25) is 5.91 Å². The molecule has 1 heterocycles. The van der Waals surface area contributed by atoms with Crippen LogP contribution in [0, 0.1) is 0 Å². The second-order valence-corrected chi connectivity index (χ2v) is 4.24. The average molecular weight is 218 g/mol. The lowest BCUT2D eigenvalue weighted by Gasteiger charge is -2.20. The van der Waals surface area contributed by atoms with Crippen LogP contribution in [0.1, 0.15) is 37.4 Å². The molecule has 0 bridgehead atoms. The summed E-state index contributed by atoms with van der Waals surface area (Å²) in [7, 11) is 0. The first-order valence-corrected chi connectivity index (χ1v) is 5.86. The first-order valence-electron chi connectivity index (χ1n) is 5.86. The molecule has 0 radical (unpaired) electrons. The molecular formula is C13H18N2O. The average Bonchev–Trinajstić information content (AvgIpc) is 2.28. The Morgan fingerprint density at radius 3 is 3.00 bits per heavy atom. The number of anilines is 1. The molecule has 86 valence electrons. The summed E-state index contributed by atoms with van der Waals surface area (Å²) in [6, 6.07) is 6.66. The van der Waals surface area contributed by atoms with Crippen molar-refractivity contribution in [3.63, 3.8) is 0 Å². The third-order valence-corrected chi connectivity index (χ3v) is 3.04. The van der Waals surface area contributed by atoms with Gasteiger partial charge in [-0.2, -0.15) is 0 Å². The van der Waals surface area contributed by atoms with Crippen molar-refractivity contribution in [2.24, 2.45) is 0 Å². The summed E-state index contributed by atoms with van der Waals surface area (Å²) in [6.07, 6.45) is 1.46. The maximum Gasteiger partial charge on any atom is 0.224 e. The van der Waals surface area contributed by atoms with E-state index in [-0.39, 0.29) is 5.91 Å². The van der Waals surface area contributed by atoms with Crippen molar-refractivity contribution in [1.82, 2.24) is 5.32 Å². The van der Waals surface area contributed by atoms with Gasteiger partial charge in [-0.3, -0.25) is 4.79 Å². The van der Waals surface area contributed by atoms with E-state index in [4.69, 9.17) is 0 Å². The lowest BCUT2D eigenvalue weighted by molar-refractivity contribution is -0.116. The minimum absolute atomic E-state index is 0.125. The maximum absolute atomic E-state index is 11.2. The number of benzene rings is 1. The van der Waals surface area contributed by atoms with Gasteiger partial charge in [0.1, 0.15) is 0 Å². The summed E-state index contributed by atoms with van der Waals surface area (Å²) >= 11 is 0. The molecule has 2 rings (SSSR count). The van der Waals surface area contributed by atoms with Crippen LogP contribution in [0.25, 0.3) is 0 Å². The molecule has 1 unspecified atom stereocenters. The third-order valence-electron chi connectivity index (χ3n) is 3.04. The van der Waals surface area contributed by atoms with Crippen molar-refractivity contribution < 1.29 is 4.79 Å². The van der Waals surface area contributed by atoms with Gasteiger partial charge in [-0.15, -0.1) is 0 Å². The number of nitrogens with one attached hydrogen (secondary N) is 2. The highest BCUT2D eigenvalue weighted by atomic mass is 16.1. The molecule has 1 amide bonds. The van der Waals surface area contributed by atoms with Crippen LogP contribution in [-0.4, -0.2) is 12.5 Å². The maximum atomic E-state index is 11.2. The number of hydrogen-bond donors (Lipinski definition) is 2. The van der Waals surface area contributed by atoms with E-state index in [1.54, 1.807) is 0 Å². The lowest BCUT2D eigenvalue weighted by Crippen LogP contribution is -2.21. The Balaban J connectivity index is 2.22. The Labute approximate surface area is 96.2 Å². The largest absolute Gasteiger partial charge is 0.326 e. The fourth-order valence-electron chi connectivity index (χ4n) is 2.10. The molecule has 16 heavy (non-hydrogen) atoms. The summed E-state index contributed by atoms with van der Waals surface area (Å²) in [6.45, 7) is 5.23. The van der Waals surface area contributed by atoms with E-state index >= 15 is 0 Å². The van der Waals surface area contributed by atoms with Gasteiger partial charge in [0.05, 0.1) is 0 Å². The molecule has 0 saturated heterocycles. The van der Waals surface area contributed by atoms with Gasteiger partial charge in [0.25, 0.3) is 0 Å². The number of carbonyl (C=O) groups is 1. The van der Waals surface area contributed by atoms with Crippen LogP contribution in [-0.2, 0) is 11.2 Å². The molecule has 0 fully saturated rings. The highest BCUT2D eigenvalue weighted by Gasteiger charge is 2.15. The van der Waals surface area contributed by atoms with E-state index in [9.17, 15) is 4.79 Å². The molecular weight excluding hydrogens is 200 g/mol.